The van der Waals surface area contributed by atoms with Gasteiger partial charge in [-0.15, -0.1) is 0 Å². The van der Waals surface area contributed by atoms with Gasteiger partial charge in [-0.3, -0.25) is 0 Å². The van der Waals surface area contributed by atoms with E-state index in [1.807, 2.05) is 0 Å². The Bertz CT molecular complexity index is 177. The smallest absolute Gasteiger partial charge is 0.0948 e. The third kappa shape index (κ3) is 2.20. The lowest BCUT2D eigenvalue weighted by Gasteiger charge is -2.19. The average molecular weight is 186 g/mol. The quantitative estimate of drug-likeness (QED) is 0.529. The second kappa shape index (κ2) is 3.92. The summed E-state index contributed by atoms with van der Waals surface area (Å²) < 4.78 is 5.16. The van der Waals surface area contributed by atoms with Gasteiger partial charge in [0.1, 0.15) is 0 Å². The van der Waals surface area contributed by atoms with Crippen molar-refractivity contribution in [3.63, 3.8) is 0 Å². The molecule has 2 unspecified atom stereocenters. The topological polar surface area (TPSA) is 67.5 Å². The number of ether oxygens (including phenoxy) is 1. The molecular weight excluding hydrogens is 168 g/mol. The molecule has 1 heterocycles. The SMILES string of the molecule is NC1CCC(N[C@@H]2COC[C@H]2O)C1. The van der Waals surface area contributed by atoms with Crippen molar-refractivity contribution in [2.45, 2.75) is 43.5 Å². The molecule has 4 heteroatoms. The standard InChI is InChI=1S/C9H18N2O2/c10-6-1-2-7(3-6)11-8-4-13-5-9(8)12/h6-9,11-12H,1-5,10H2/t6?,7?,8-,9-/m1/s1. The van der Waals surface area contributed by atoms with Crippen LogP contribution in [0.15, 0.2) is 0 Å². The van der Waals surface area contributed by atoms with Crippen LogP contribution in [0.5, 0.6) is 0 Å². The van der Waals surface area contributed by atoms with E-state index in [-0.39, 0.29) is 12.1 Å². The fraction of sp³-hybridized carbons (Fsp3) is 1.00. The molecule has 4 atom stereocenters. The van der Waals surface area contributed by atoms with Crippen molar-refractivity contribution in [1.82, 2.24) is 5.32 Å². The first-order valence-corrected chi connectivity index (χ1v) is 5.03. The first-order chi connectivity index (χ1) is 6.25. The molecule has 1 saturated carbocycles. The Hall–Kier alpha value is -0.160. The Morgan fingerprint density at radius 2 is 2.15 bits per heavy atom. The number of hydrogen-bond acceptors (Lipinski definition) is 4. The van der Waals surface area contributed by atoms with Crippen molar-refractivity contribution in [3.8, 4) is 0 Å². The highest BCUT2D eigenvalue weighted by Crippen LogP contribution is 2.19. The molecule has 2 rings (SSSR count). The van der Waals surface area contributed by atoms with E-state index in [1.165, 1.54) is 0 Å². The van der Waals surface area contributed by atoms with Crippen LogP contribution in [0.2, 0.25) is 0 Å². The van der Waals surface area contributed by atoms with Crippen molar-refractivity contribution in [1.29, 1.82) is 0 Å². The molecule has 2 fully saturated rings. The van der Waals surface area contributed by atoms with Crippen LogP contribution >= 0.6 is 0 Å². The van der Waals surface area contributed by atoms with Crippen molar-refractivity contribution in [2.75, 3.05) is 13.2 Å². The summed E-state index contributed by atoms with van der Waals surface area (Å²) in [4.78, 5) is 0. The number of hydrogen-bond donors (Lipinski definition) is 3. The molecule has 0 aromatic rings. The van der Waals surface area contributed by atoms with Gasteiger partial charge in [0.05, 0.1) is 25.4 Å². The molecule has 0 bridgehead atoms. The van der Waals surface area contributed by atoms with E-state index >= 15 is 0 Å². The molecule has 0 spiro atoms. The summed E-state index contributed by atoms with van der Waals surface area (Å²) in [5, 5.41) is 12.9. The first kappa shape index (κ1) is 9.40. The molecule has 2 aliphatic rings. The highest BCUT2D eigenvalue weighted by Gasteiger charge is 2.30. The molecule has 1 saturated heterocycles. The van der Waals surface area contributed by atoms with Crippen LogP contribution in [-0.2, 0) is 4.74 Å². The average Bonchev–Trinajstić information content (AvgIpc) is 2.64. The Kier molecular flexibility index (Phi) is 2.83. The minimum atomic E-state index is -0.336. The van der Waals surface area contributed by atoms with Gasteiger partial charge in [-0.1, -0.05) is 0 Å². The fourth-order valence-corrected chi connectivity index (χ4v) is 2.17. The normalized spacial score (nSPS) is 45.7. The molecule has 13 heavy (non-hydrogen) atoms. The minimum absolute atomic E-state index is 0.121. The first-order valence-electron chi connectivity index (χ1n) is 5.03. The Balaban J connectivity index is 1.77. The van der Waals surface area contributed by atoms with Gasteiger partial charge >= 0.3 is 0 Å². The Labute approximate surface area is 78.4 Å². The summed E-state index contributed by atoms with van der Waals surface area (Å²) in [6.45, 7) is 1.10. The summed E-state index contributed by atoms with van der Waals surface area (Å²) in [5.41, 5.74) is 5.80. The van der Waals surface area contributed by atoms with Crippen LogP contribution in [0.4, 0.5) is 0 Å². The summed E-state index contributed by atoms with van der Waals surface area (Å²) in [6, 6.07) is 0.948. The highest BCUT2D eigenvalue weighted by atomic mass is 16.5. The van der Waals surface area contributed by atoms with Gasteiger partial charge in [-0.25, -0.2) is 0 Å². The van der Waals surface area contributed by atoms with Crippen molar-refractivity contribution < 1.29 is 9.84 Å². The predicted molar refractivity (Wildman–Crippen MR) is 49.4 cm³/mol. The summed E-state index contributed by atoms with van der Waals surface area (Å²) in [5.74, 6) is 0. The van der Waals surface area contributed by atoms with Gasteiger partial charge in [0.25, 0.3) is 0 Å². The van der Waals surface area contributed by atoms with E-state index in [9.17, 15) is 5.11 Å². The largest absolute Gasteiger partial charge is 0.389 e. The number of aliphatic hydroxyl groups is 1. The van der Waals surface area contributed by atoms with Crippen LogP contribution in [0.1, 0.15) is 19.3 Å². The maximum atomic E-state index is 9.50. The molecular formula is C9H18N2O2. The van der Waals surface area contributed by atoms with E-state index in [4.69, 9.17) is 10.5 Å². The van der Waals surface area contributed by atoms with Crippen molar-refractivity contribution >= 4 is 0 Å². The Morgan fingerprint density at radius 1 is 1.31 bits per heavy atom. The molecule has 4 nitrogen and oxygen atoms in total. The van der Waals surface area contributed by atoms with Gasteiger partial charge in [0, 0.05) is 12.1 Å². The lowest BCUT2D eigenvalue weighted by atomic mass is 10.1. The second-order valence-corrected chi connectivity index (χ2v) is 4.15. The molecule has 0 amide bonds. The molecule has 0 radical (unpaired) electrons. The lowest BCUT2D eigenvalue weighted by Crippen LogP contribution is -2.44. The second-order valence-electron chi connectivity index (χ2n) is 4.15. The molecule has 0 aromatic heterocycles. The van der Waals surface area contributed by atoms with Gasteiger partial charge in [0.2, 0.25) is 0 Å². The van der Waals surface area contributed by atoms with Gasteiger partial charge in [-0.2, -0.15) is 0 Å². The van der Waals surface area contributed by atoms with Crippen LogP contribution in [0, 0.1) is 0 Å². The number of nitrogens with one attached hydrogen (secondary N) is 1. The summed E-state index contributed by atoms with van der Waals surface area (Å²) in [7, 11) is 0. The predicted octanol–water partition coefficient (Wildman–Crippen LogP) is -0.784. The number of nitrogens with two attached hydrogens (primary N) is 1. The van der Waals surface area contributed by atoms with Crippen molar-refractivity contribution in [3.05, 3.63) is 0 Å². The highest BCUT2D eigenvalue weighted by molar-refractivity contribution is 4.89. The zero-order valence-electron chi connectivity index (χ0n) is 7.78. The minimum Gasteiger partial charge on any atom is -0.389 e. The van der Waals surface area contributed by atoms with Gasteiger partial charge in [-0.05, 0) is 19.3 Å². The van der Waals surface area contributed by atoms with Crippen LogP contribution in [0.3, 0.4) is 0 Å². The van der Waals surface area contributed by atoms with Gasteiger partial charge in [0.15, 0.2) is 0 Å². The van der Waals surface area contributed by atoms with E-state index < -0.39 is 0 Å². The summed E-state index contributed by atoms with van der Waals surface area (Å²) in [6.07, 6.45) is 2.92. The maximum absolute atomic E-state index is 9.50. The van der Waals surface area contributed by atoms with E-state index in [1.54, 1.807) is 0 Å². The molecule has 1 aliphatic carbocycles. The van der Waals surface area contributed by atoms with Crippen LogP contribution in [-0.4, -0.2) is 42.5 Å². The third-order valence-electron chi connectivity index (χ3n) is 2.97. The monoisotopic (exact) mass is 186 g/mol. The number of aliphatic hydroxyl groups excluding tert-OH is 1. The molecule has 1 aliphatic heterocycles. The lowest BCUT2D eigenvalue weighted by molar-refractivity contribution is 0.121. The van der Waals surface area contributed by atoms with Crippen molar-refractivity contribution in [2.24, 2.45) is 5.73 Å². The summed E-state index contributed by atoms with van der Waals surface area (Å²) >= 11 is 0. The van der Waals surface area contributed by atoms with Crippen LogP contribution < -0.4 is 11.1 Å². The fourth-order valence-electron chi connectivity index (χ4n) is 2.17. The number of rotatable bonds is 2. The zero-order chi connectivity index (χ0) is 9.26. The maximum Gasteiger partial charge on any atom is 0.0948 e. The van der Waals surface area contributed by atoms with Gasteiger partial charge < -0.3 is 20.9 Å². The van der Waals surface area contributed by atoms with E-state index in [0.717, 1.165) is 19.3 Å². The van der Waals surface area contributed by atoms with Crippen LogP contribution in [0.25, 0.3) is 0 Å². The molecule has 76 valence electrons. The third-order valence-corrected chi connectivity index (χ3v) is 2.97. The zero-order valence-corrected chi connectivity index (χ0v) is 7.78. The molecule has 0 aromatic carbocycles. The Morgan fingerprint density at radius 3 is 2.69 bits per heavy atom. The molecule has 4 N–H and O–H groups in total. The van der Waals surface area contributed by atoms with E-state index in [0.29, 0.717) is 25.3 Å². The van der Waals surface area contributed by atoms with E-state index in [2.05, 4.69) is 5.32 Å².